The molecule has 0 nitrogen and oxygen atoms in total. The number of rotatable bonds is 1. The Bertz CT molecular complexity index is 446. The molecular formula is C13H10Cl. The number of hydrogen-bond acceptors (Lipinski definition) is 0. The van der Waals surface area contributed by atoms with Crippen LogP contribution in [0.1, 0.15) is 5.56 Å². The van der Waals surface area contributed by atoms with Crippen LogP contribution in [0.25, 0.3) is 11.1 Å². The van der Waals surface area contributed by atoms with Crippen molar-refractivity contribution in [1.82, 2.24) is 0 Å². The van der Waals surface area contributed by atoms with Crippen LogP contribution in [0.5, 0.6) is 0 Å². The van der Waals surface area contributed by atoms with E-state index in [1.54, 1.807) is 0 Å². The Labute approximate surface area is 89.2 Å². The van der Waals surface area contributed by atoms with Crippen LogP contribution in [0.4, 0.5) is 0 Å². The summed E-state index contributed by atoms with van der Waals surface area (Å²) in [5, 5.41) is 0.658. The standard InChI is InChI=1S/C13H10Cl/c1-10-5-2-3-8-13(10)11-6-4-7-12(14)9-11/h2-6,8-9H,1H3. The molecule has 0 aliphatic carbocycles. The van der Waals surface area contributed by atoms with E-state index in [-0.39, 0.29) is 0 Å². The van der Waals surface area contributed by atoms with Gasteiger partial charge in [-0.3, -0.25) is 0 Å². The predicted molar refractivity (Wildman–Crippen MR) is 60.5 cm³/mol. The van der Waals surface area contributed by atoms with Crippen molar-refractivity contribution in [2.45, 2.75) is 6.92 Å². The summed E-state index contributed by atoms with van der Waals surface area (Å²) in [7, 11) is 0. The lowest BCUT2D eigenvalue weighted by molar-refractivity contribution is 1.46. The molecule has 0 amide bonds. The van der Waals surface area contributed by atoms with Crippen molar-refractivity contribution in [2.24, 2.45) is 0 Å². The smallest absolute Gasteiger partial charge is 0.0491 e. The van der Waals surface area contributed by atoms with E-state index in [1.165, 1.54) is 11.1 Å². The molecule has 0 aliphatic heterocycles. The molecule has 2 rings (SSSR count). The number of aryl methyl sites for hydroxylation is 1. The van der Waals surface area contributed by atoms with Gasteiger partial charge in [0.2, 0.25) is 0 Å². The van der Waals surface area contributed by atoms with Crippen molar-refractivity contribution < 1.29 is 0 Å². The molecule has 0 heterocycles. The quantitative estimate of drug-likeness (QED) is 0.651. The fraction of sp³-hybridized carbons (Fsp3) is 0.0769. The lowest BCUT2D eigenvalue weighted by atomic mass is 10.0. The van der Waals surface area contributed by atoms with Gasteiger partial charge in [-0.15, -0.1) is 0 Å². The summed E-state index contributed by atoms with van der Waals surface area (Å²) >= 11 is 5.89. The summed E-state index contributed by atoms with van der Waals surface area (Å²) < 4.78 is 0. The van der Waals surface area contributed by atoms with Gasteiger partial charge < -0.3 is 0 Å². The van der Waals surface area contributed by atoms with Gasteiger partial charge in [0, 0.05) is 11.1 Å². The van der Waals surface area contributed by atoms with Crippen LogP contribution in [0.3, 0.4) is 0 Å². The number of hydrogen-bond donors (Lipinski definition) is 0. The summed E-state index contributed by atoms with van der Waals surface area (Å²) in [6.07, 6.45) is 0. The molecule has 1 radical (unpaired) electrons. The normalized spacial score (nSPS) is 10.1. The van der Waals surface area contributed by atoms with Gasteiger partial charge >= 0.3 is 0 Å². The third-order valence-electron chi connectivity index (χ3n) is 2.22. The second-order valence-electron chi connectivity index (χ2n) is 3.24. The first-order valence-electron chi connectivity index (χ1n) is 4.50. The first-order valence-corrected chi connectivity index (χ1v) is 4.88. The molecule has 0 saturated heterocycles. The fourth-order valence-corrected chi connectivity index (χ4v) is 1.68. The maximum Gasteiger partial charge on any atom is 0.0491 e. The van der Waals surface area contributed by atoms with Crippen molar-refractivity contribution >= 4 is 11.6 Å². The molecule has 14 heavy (non-hydrogen) atoms. The van der Waals surface area contributed by atoms with Gasteiger partial charge in [-0.25, -0.2) is 0 Å². The zero-order valence-electron chi connectivity index (χ0n) is 7.92. The lowest BCUT2D eigenvalue weighted by Gasteiger charge is -2.05. The van der Waals surface area contributed by atoms with E-state index in [0.29, 0.717) is 5.02 Å². The van der Waals surface area contributed by atoms with Gasteiger partial charge in [0.1, 0.15) is 0 Å². The molecule has 69 valence electrons. The maximum absolute atomic E-state index is 5.89. The molecule has 2 aromatic rings. The van der Waals surface area contributed by atoms with E-state index >= 15 is 0 Å². The van der Waals surface area contributed by atoms with Crippen LogP contribution in [-0.2, 0) is 0 Å². The summed E-state index contributed by atoms with van der Waals surface area (Å²) in [6, 6.07) is 17.0. The van der Waals surface area contributed by atoms with E-state index in [2.05, 4.69) is 25.1 Å². The van der Waals surface area contributed by atoms with Gasteiger partial charge in [0.15, 0.2) is 0 Å². The zero-order chi connectivity index (χ0) is 9.97. The monoisotopic (exact) mass is 201 g/mol. The molecule has 0 N–H and O–H groups in total. The molecule has 0 bridgehead atoms. The van der Waals surface area contributed by atoms with E-state index < -0.39 is 0 Å². The molecule has 0 aliphatic rings. The average Bonchev–Trinajstić information content (AvgIpc) is 2.18. The summed E-state index contributed by atoms with van der Waals surface area (Å²) in [6.45, 7) is 2.10. The van der Waals surface area contributed by atoms with Crippen molar-refractivity contribution in [1.29, 1.82) is 0 Å². The SMILES string of the molecule is Cc1ccccc1-c1cc[c]c(Cl)c1. The third kappa shape index (κ3) is 1.80. The van der Waals surface area contributed by atoms with Crippen molar-refractivity contribution in [2.75, 3.05) is 0 Å². The molecular weight excluding hydrogens is 192 g/mol. The predicted octanol–water partition coefficient (Wildman–Crippen LogP) is 4.12. The van der Waals surface area contributed by atoms with Crippen molar-refractivity contribution in [3.8, 4) is 11.1 Å². The van der Waals surface area contributed by atoms with Gasteiger partial charge in [0.05, 0.1) is 0 Å². The Morgan fingerprint density at radius 1 is 1.14 bits per heavy atom. The molecule has 2 aromatic carbocycles. The number of benzene rings is 2. The Balaban J connectivity index is 2.55. The number of halogens is 1. The largest absolute Gasteiger partial charge is 0.0836 e. The van der Waals surface area contributed by atoms with Crippen LogP contribution >= 0.6 is 11.6 Å². The van der Waals surface area contributed by atoms with Crippen molar-refractivity contribution in [3.05, 3.63) is 59.1 Å². The minimum atomic E-state index is 0.658. The highest BCUT2D eigenvalue weighted by atomic mass is 35.5. The van der Waals surface area contributed by atoms with Crippen LogP contribution in [0, 0.1) is 13.0 Å². The molecule has 0 aromatic heterocycles. The minimum absolute atomic E-state index is 0.658. The maximum atomic E-state index is 5.89. The fourth-order valence-electron chi connectivity index (χ4n) is 1.50. The van der Waals surface area contributed by atoms with Gasteiger partial charge in [-0.2, -0.15) is 0 Å². The van der Waals surface area contributed by atoms with E-state index in [4.69, 9.17) is 11.6 Å². The Kier molecular flexibility index (Phi) is 2.55. The Morgan fingerprint density at radius 3 is 2.64 bits per heavy atom. The second kappa shape index (κ2) is 3.85. The molecule has 0 fully saturated rings. The van der Waals surface area contributed by atoms with Gasteiger partial charge in [-0.1, -0.05) is 48.0 Å². The lowest BCUT2D eigenvalue weighted by Crippen LogP contribution is -1.81. The molecule has 1 heteroatoms. The van der Waals surface area contributed by atoms with E-state index in [0.717, 1.165) is 5.56 Å². The van der Waals surface area contributed by atoms with E-state index in [9.17, 15) is 0 Å². The highest BCUT2D eigenvalue weighted by Gasteiger charge is 2.00. The van der Waals surface area contributed by atoms with E-state index in [1.807, 2.05) is 30.3 Å². The molecule has 0 unspecified atom stereocenters. The van der Waals surface area contributed by atoms with Crippen LogP contribution in [0.15, 0.2) is 42.5 Å². The summed E-state index contributed by atoms with van der Waals surface area (Å²) in [5.74, 6) is 0. The molecule has 0 saturated carbocycles. The van der Waals surface area contributed by atoms with Crippen LogP contribution < -0.4 is 0 Å². The highest BCUT2D eigenvalue weighted by Crippen LogP contribution is 2.24. The Morgan fingerprint density at radius 2 is 1.93 bits per heavy atom. The van der Waals surface area contributed by atoms with Gasteiger partial charge in [-0.05, 0) is 29.7 Å². The first-order chi connectivity index (χ1) is 6.77. The van der Waals surface area contributed by atoms with Crippen LogP contribution in [0.2, 0.25) is 5.02 Å². The van der Waals surface area contributed by atoms with Crippen molar-refractivity contribution in [3.63, 3.8) is 0 Å². The summed E-state index contributed by atoms with van der Waals surface area (Å²) in [5.41, 5.74) is 3.63. The molecule has 0 spiro atoms. The van der Waals surface area contributed by atoms with Crippen LogP contribution in [-0.4, -0.2) is 0 Å². The first kappa shape index (κ1) is 9.29. The zero-order valence-corrected chi connectivity index (χ0v) is 8.68. The second-order valence-corrected chi connectivity index (χ2v) is 3.65. The Hall–Kier alpha value is -1.27. The minimum Gasteiger partial charge on any atom is -0.0836 e. The third-order valence-corrected chi connectivity index (χ3v) is 2.44. The average molecular weight is 202 g/mol. The van der Waals surface area contributed by atoms with Gasteiger partial charge in [0.25, 0.3) is 0 Å². The topological polar surface area (TPSA) is 0 Å². The molecule has 0 atom stereocenters. The highest BCUT2D eigenvalue weighted by molar-refractivity contribution is 6.30. The summed E-state index contributed by atoms with van der Waals surface area (Å²) in [4.78, 5) is 0.